The van der Waals surface area contributed by atoms with Gasteiger partial charge in [0.15, 0.2) is 0 Å². The molecule has 0 fully saturated rings. The molecule has 0 radical (unpaired) electrons. The van der Waals surface area contributed by atoms with Crippen LogP contribution in [0.2, 0.25) is 0 Å². The van der Waals surface area contributed by atoms with Crippen LogP contribution >= 0.6 is 0 Å². The molecule has 0 spiro atoms. The van der Waals surface area contributed by atoms with Gasteiger partial charge in [0.05, 0.1) is 0 Å². The lowest BCUT2D eigenvalue weighted by Crippen LogP contribution is -2.44. The van der Waals surface area contributed by atoms with E-state index in [1.165, 1.54) is 11.3 Å². The van der Waals surface area contributed by atoms with Crippen LogP contribution in [0.5, 0.6) is 0 Å². The molecule has 28 heavy (non-hydrogen) atoms. The minimum absolute atomic E-state index is 0.169. The highest BCUT2D eigenvalue weighted by molar-refractivity contribution is 5.74. The van der Waals surface area contributed by atoms with Gasteiger partial charge in [0.25, 0.3) is 0 Å². The fourth-order valence-electron chi connectivity index (χ4n) is 3.49. The van der Waals surface area contributed by atoms with Crippen molar-refractivity contribution in [3.05, 3.63) is 72.4 Å². The summed E-state index contributed by atoms with van der Waals surface area (Å²) in [5, 5.41) is 5.86. The minimum atomic E-state index is -0.169. The average Bonchev–Trinajstić information content (AvgIpc) is 3.41. The lowest BCUT2D eigenvalue weighted by molar-refractivity contribution is 0.240. The van der Waals surface area contributed by atoms with Gasteiger partial charge in [-0.15, -0.1) is 0 Å². The Hall–Kier alpha value is -3.35. The van der Waals surface area contributed by atoms with E-state index in [1.807, 2.05) is 22.9 Å². The Labute approximate surface area is 164 Å². The van der Waals surface area contributed by atoms with Crippen LogP contribution in [0.1, 0.15) is 18.1 Å². The number of amides is 2. The molecule has 4 rings (SSSR count). The van der Waals surface area contributed by atoms with Gasteiger partial charge in [-0.05, 0) is 36.6 Å². The van der Waals surface area contributed by atoms with E-state index in [-0.39, 0.29) is 12.1 Å². The number of hydrogen-bond acceptors (Lipinski definition) is 4. The van der Waals surface area contributed by atoms with E-state index in [9.17, 15) is 4.79 Å². The Morgan fingerprint density at radius 1 is 1.21 bits per heavy atom. The van der Waals surface area contributed by atoms with Crippen molar-refractivity contribution in [2.45, 2.75) is 25.9 Å². The van der Waals surface area contributed by atoms with Crippen LogP contribution in [0.25, 0.3) is 5.82 Å². The Morgan fingerprint density at radius 3 is 2.89 bits per heavy atom. The van der Waals surface area contributed by atoms with Gasteiger partial charge in [-0.3, -0.25) is 4.57 Å². The van der Waals surface area contributed by atoms with E-state index in [1.54, 1.807) is 18.7 Å². The number of urea groups is 1. The molecule has 3 aromatic rings. The number of para-hydroxylation sites is 1. The van der Waals surface area contributed by atoms with Crippen molar-refractivity contribution >= 4 is 11.7 Å². The van der Waals surface area contributed by atoms with Crippen molar-refractivity contribution in [2.75, 3.05) is 18.0 Å². The quantitative estimate of drug-likeness (QED) is 0.693. The maximum atomic E-state index is 12.2. The molecule has 7 heteroatoms. The van der Waals surface area contributed by atoms with Gasteiger partial charge in [0, 0.05) is 50.0 Å². The number of benzene rings is 1. The number of nitrogens with zero attached hydrogens (tertiary/aromatic N) is 4. The van der Waals surface area contributed by atoms with Crippen molar-refractivity contribution in [2.24, 2.45) is 0 Å². The molecular formula is C21H24N6O. The van der Waals surface area contributed by atoms with Gasteiger partial charge < -0.3 is 15.5 Å². The van der Waals surface area contributed by atoms with Crippen molar-refractivity contribution in [3.63, 3.8) is 0 Å². The summed E-state index contributed by atoms with van der Waals surface area (Å²) >= 11 is 0. The maximum Gasteiger partial charge on any atom is 0.315 e. The molecule has 1 aromatic carbocycles. The summed E-state index contributed by atoms with van der Waals surface area (Å²) in [7, 11) is 0. The standard InChI is InChI=1S/C21H24N6O/c1-16(27-10-8-18-4-2-3-5-19(18)27)12-24-21(28)25-14-17-6-7-20(23-13-17)26-11-9-22-15-26/h2-7,9,11,13,15-16H,8,10,12,14H2,1H3,(H2,24,25,28). The predicted molar refractivity (Wildman–Crippen MR) is 109 cm³/mol. The monoisotopic (exact) mass is 376 g/mol. The molecule has 1 aliphatic heterocycles. The number of aromatic nitrogens is 3. The predicted octanol–water partition coefficient (Wildman–Crippen LogP) is 2.52. The van der Waals surface area contributed by atoms with Crippen LogP contribution in [-0.2, 0) is 13.0 Å². The second kappa shape index (κ2) is 8.12. The first-order valence-electron chi connectivity index (χ1n) is 9.50. The van der Waals surface area contributed by atoms with Crippen LogP contribution < -0.4 is 15.5 Å². The topological polar surface area (TPSA) is 75.1 Å². The number of carbonyl (C=O) groups excluding carboxylic acids is 1. The Morgan fingerprint density at radius 2 is 2.11 bits per heavy atom. The van der Waals surface area contributed by atoms with Crippen LogP contribution in [-0.4, -0.2) is 39.7 Å². The number of rotatable bonds is 6. The molecule has 2 aromatic heterocycles. The lowest BCUT2D eigenvalue weighted by atomic mass is 10.2. The van der Waals surface area contributed by atoms with E-state index in [4.69, 9.17) is 0 Å². The van der Waals surface area contributed by atoms with E-state index >= 15 is 0 Å². The molecule has 7 nitrogen and oxygen atoms in total. The third kappa shape index (κ3) is 3.98. The van der Waals surface area contributed by atoms with Crippen LogP contribution in [0.3, 0.4) is 0 Å². The summed E-state index contributed by atoms with van der Waals surface area (Å²) in [5.74, 6) is 0.797. The highest BCUT2D eigenvalue weighted by Crippen LogP contribution is 2.28. The molecule has 144 valence electrons. The third-order valence-corrected chi connectivity index (χ3v) is 5.04. The molecule has 1 unspecified atom stereocenters. The van der Waals surface area contributed by atoms with Crippen molar-refractivity contribution < 1.29 is 4.79 Å². The van der Waals surface area contributed by atoms with Gasteiger partial charge in [-0.25, -0.2) is 14.8 Å². The highest BCUT2D eigenvalue weighted by Gasteiger charge is 2.22. The fraction of sp³-hybridized carbons (Fsp3) is 0.286. The summed E-state index contributed by atoms with van der Waals surface area (Å²) in [5.41, 5.74) is 3.60. The molecule has 1 aliphatic rings. The number of imidazole rings is 1. The van der Waals surface area contributed by atoms with Crippen LogP contribution in [0, 0.1) is 0 Å². The van der Waals surface area contributed by atoms with Crippen LogP contribution in [0.4, 0.5) is 10.5 Å². The molecule has 0 saturated carbocycles. The molecule has 0 saturated heterocycles. The number of carbonyl (C=O) groups is 1. The molecule has 0 bridgehead atoms. The smallest absolute Gasteiger partial charge is 0.315 e. The molecule has 2 amide bonds. The molecule has 1 atom stereocenters. The summed E-state index contributed by atoms with van der Waals surface area (Å²) in [4.78, 5) is 22.9. The summed E-state index contributed by atoms with van der Waals surface area (Å²) in [6, 6.07) is 12.4. The van der Waals surface area contributed by atoms with E-state index in [0.717, 1.165) is 24.3 Å². The second-order valence-electron chi connectivity index (χ2n) is 6.98. The zero-order valence-corrected chi connectivity index (χ0v) is 15.9. The van der Waals surface area contributed by atoms with E-state index in [2.05, 4.69) is 56.7 Å². The van der Waals surface area contributed by atoms with E-state index < -0.39 is 0 Å². The Kier molecular flexibility index (Phi) is 5.23. The SMILES string of the molecule is CC(CNC(=O)NCc1ccc(-n2ccnc2)nc1)N1CCc2ccccc21. The zero-order valence-electron chi connectivity index (χ0n) is 15.9. The number of anilines is 1. The van der Waals surface area contributed by atoms with Crippen molar-refractivity contribution in [1.29, 1.82) is 0 Å². The Balaban J connectivity index is 1.24. The summed E-state index contributed by atoms with van der Waals surface area (Å²) in [6.45, 7) is 4.17. The normalized spacial score (nSPS) is 13.8. The third-order valence-electron chi connectivity index (χ3n) is 5.04. The van der Waals surface area contributed by atoms with Crippen molar-refractivity contribution in [1.82, 2.24) is 25.2 Å². The lowest BCUT2D eigenvalue weighted by Gasteiger charge is -2.27. The summed E-state index contributed by atoms with van der Waals surface area (Å²) in [6.07, 6.45) is 8.08. The molecule has 0 aliphatic carbocycles. The second-order valence-corrected chi connectivity index (χ2v) is 6.98. The Bertz CT molecular complexity index is 922. The van der Waals surface area contributed by atoms with E-state index in [0.29, 0.717) is 13.1 Å². The van der Waals surface area contributed by atoms with Crippen molar-refractivity contribution in [3.8, 4) is 5.82 Å². The van der Waals surface area contributed by atoms with Gasteiger partial charge in [0.1, 0.15) is 12.1 Å². The van der Waals surface area contributed by atoms with Crippen LogP contribution in [0.15, 0.2) is 61.3 Å². The number of nitrogens with one attached hydrogen (secondary N) is 2. The molecule has 2 N–H and O–H groups in total. The van der Waals surface area contributed by atoms with Gasteiger partial charge in [0.2, 0.25) is 0 Å². The first kappa shape index (κ1) is 18.0. The number of pyridine rings is 1. The minimum Gasteiger partial charge on any atom is -0.366 e. The molecule has 3 heterocycles. The van der Waals surface area contributed by atoms with Gasteiger partial charge >= 0.3 is 6.03 Å². The van der Waals surface area contributed by atoms with Gasteiger partial charge in [-0.2, -0.15) is 0 Å². The average molecular weight is 376 g/mol. The van der Waals surface area contributed by atoms with Gasteiger partial charge in [-0.1, -0.05) is 24.3 Å². The molecular weight excluding hydrogens is 352 g/mol. The zero-order chi connectivity index (χ0) is 19.3. The largest absolute Gasteiger partial charge is 0.366 e. The maximum absolute atomic E-state index is 12.2. The first-order valence-corrected chi connectivity index (χ1v) is 9.50. The fourth-order valence-corrected chi connectivity index (χ4v) is 3.49. The number of fused-ring (bicyclic) bond motifs is 1. The first-order chi connectivity index (χ1) is 13.7. The highest BCUT2D eigenvalue weighted by atomic mass is 16.2. The number of hydrogen-bond donors (Lipinski definition) is 2. The summed E-state index contributed by atoms with van der Waals surface area (Å²) < 4.78 is 1.84.